The first-order chi connectivity index (χ1) is 11.3. The molecular formula is C15H27N3O9. The zero-order valence-corrected chi connectivity index (χ0v) is 15.1. The van der Waals surface area contributed by atoms with Crippen molar-refractivity contribution in [1.29, 1.82) is 0 Å². The molecule has 0 unspecified atom stereocenters. The van der Waals surface area contributed by atoms with Gasteiger partial charge in [-0.25, -0.2) is 9.59 Å². The van der Waals surface area contributed by atoms with Gasteiger partial charge in [0.25, 0.3) is 0 Å². The van der Waals surface area contributed by atoms with Gasteiger partial charge in [0.15, 0.2) is 0 Å². The van der Waals surface area contributed by atoms with Crippen LogP contribution >= 0.6 is 0 Å². The summed E-state index contributed by atoms with van der Waals surface area (Å²) in [6.07, 6.45) is 1.02. The van der Waals surface area contributed by atoms with Crippen molar-refractivity contribution in [3.05, 3.63) is 35.4 Å². The molecule has 1 aromatic rings. The third-order valence-electron chi connectivity index (χ3n) is 2.57. The van der Waals surface area contributed by atoms with E-state index in [0.29, 0.717) is 12.8 Å². The minimum atomic E-state index is -1.19. The number of aromatic carboxylic acids is 1. The lowest BCUT2D eigenvalue weighted by Crippen LogP contribution is -2.10. The minimum absolute atomic E-state index is 0. The maximum Gasteiger partial charge on any atom is 0.373 e. The van der Waals surface area contributed by atoms with Crippen LogP contribution in [-0.4, -0.2) is 46.3 Å². The number of carboxylic acids is 3. The average molecular weight is 393 g/mol. The van der Waals surface area contributed by atoms with E-state index >= 15 is 0 Å². The Morgan fingerprint density at radius 3 is 1.56 bits per heavy atom. The zero-order chi connectivity index (χ0) is 18.5. The Hall–Kier alpha value is -3.06. The van der Waals surface area contributed by atoms with E-state index in [1.807, 2.05) is 0 Å². The maximum atomic E-state index is 11.2. The van der Waals surface area contributed by atoms with Gasteiger partial charge in [0.2, 0.25) is 0 Å². The van der Waals surface area contributed by atoms with E-state index in [9.17, 15) is 19.2 Å². The molecule has 156 valence electrons. The standard InChI is InChI=1S/C9H8O5.C6H10O4.3H3N/c1-13-14-9(12)7-5-3-2-4-6(7)8(10)11;7-5(8)3-1-2-4-6(9)10;;;/h2-5H,1H3,(H,10,11);1-4H2,(H,7,8)(H,9,10);3*1H3. The molecule has 0 aliphatic carbocycles. The summed E-state index contributed by atoms with van der Waals surface area (Å²) >= 11 is 0. The molecule has 0 heterocycles. The summed E-state index contributed by atoms with van der Waals surface area (Å²) in [5.74, 6) is -3.75. The highest BCUT2D eigenvalue weighted by molar-refractivity contribution is 6.02. The Kier molecular flexibility index (Phi) is 20.8. The van der Waals surface area contributed by atoms with E-state index in [2.05, 4.69) is 9.78 Å². The molecule has 0 amide bonds. The minimum Gasteiger partial charge on any atom is -0.481 e. The lowest BCUT2D eigenvalue weighted by atomic mass is 10.1. The van der Waals surface area contributed by atoms with Gasteiger partial charge in [0, 0.05) is 12.8 Å². The van der Waals surface area contributed by atoms with Crippen LogP contribution in [0.25, 0.3) is 0 Å². The molecule has 0 radical (unpaired) electrons. The summed E-state index contributed by atoms with van der Waals surface area (Å²) in [6, 6.07) is 5.73. The maximum absolute atomic E-state index is 11.2. The lowest BCUT2D eigenvalue weighted by Gasteiger charge is -2.02. The van der Waals surface area contributed by atoms with Crippen LogP contribution in [0, 0.1) is 0 Å². The zero-order valence-electron chi connectivity index (χ0n) is 15.1. The lowest BCUT2D eigenvalue weighted by molar-refractivity contribution is -0.216. The van der Waals surface area contributed by atoms with Crippen LogP contribution in [0.15, 0.2) is 24.3 Å². The molecule has 0 fully saturated rings. The van der Waals surface area contributed by atoms with Gasteiger partial charge in [-0.15, -0.1) is 0 Å². The number of rotatable bonds is 8. The third kappa shape index (κ3) is 14.9. The predicted molar refractivity (Wildman–Crippen MR) is 94.6 cm³/mol. The Bertz CT molecular complexity index is 578. The highest BCUT2D eigenvalue weighted by Crippen LogP contribution is 2.10. The highest BCUT2D eigenvalue weighted by Gasteiger charge is 2.17. The van der Waals surface area contributed by atoms with E-state index in [1.165, 1.54) is 25.3 Å². The van der Waals surface area contributed by atoms with Crippen molar-refractivity contribution in [3.63, 3.8) is 0 Å². The Balaban J connectivity index is -0.000000185. The first-order valence-corrected chi connectivity index (χ1v) is 6.80. The second kappa shape index (κ2) is 17.8. The van der Waals surface area contributed by atoms with Crippen LogP contribution in [0.2, 0.25) is 0 Å². The largest absolute Gasteiger partial charge is 0.481 e. The van der Waals surface area contributed by atoms with Crippen molar-refractivity contribution in [2.45, 2.75) is 25.7 Å². The molecule has 0 atom stereocenters. The van der Waals surface area contributed by atoms with E-state index < -0.39 is 23.9 Å². The number of carbonyl (C=O) groups excluding carboxylic acids is 1. The summed E-state index contributed by atoms with van der Waals surface area (Å²) in [6.45, 7) is 0. The first-order valence-electron chi connectivity index (χ1n) is 6.80. The van der Waals surface area contributed by atoms with Crippen LogP contribution in [0.1, 0.15) is 46.4 Å². The van der Waals surface area contributed by atoms with Crippen molar-refractivity contribution >= 4 is 23.9 Å². The van der Waals surface area contributed by atoms with Gasteiger partial charge in [0.1, 0.15) is 0 Å². The summed E-state index contributed by atoms with van der Waals surface area (Å²) in [4.78, 5) is 50.0. The Labute approximate surface area is 155 Å². The normalized spacial score (nSPS) is 8.33. The van der Waals surface area contributed by atoms with Crippen LogP contribution in [0.5, 0.6) is 0 Å². The molecule has 1 rings (SSSR count). The molecular weight excluding hydrogens is 366 g/mol. The topological polar surface area (TPSA) is 252 Å². The number of carbonyl (C=O) groups is 4. The van der Waals surface area contributed by atoms with Crippen molar-refractivity contribution in [2.24, 2.45) is 0 Å². The van der Waals surface area contributed by atoms with Crippen molar-refractivity contribution in [2.75, 3.05) is 7.11 Å². The van der Waals surface area contributed by atoms with Crippen LogP contribution in [-0.2, 0) is 19.4 Å². The van der Waals surface area contributed by atoms with Crippen molar-refractivity contribution in [1.82, 2.24) is 18.5 Å². The van der Waals surface area contributed by atoms with Gasteiger partial charge in [0.05, 0.1) is 18.2 Å². The van der Waals surface area contributed by atoms with Crippen molar-refractivity contribution < 1.29 is 44.3 Å². The van der Waals surface area contributed by atoms with Crippen LogP contribution < -0.4 is 18.5 Å². The monoisotopic (exact) mass is 393 g/mol. The second-order valence-electron chi connectivity index (χ2n) is 4.38. The summed E-state index contributed by atoms with van der Waals surface area (Å²) in [5.41, 5.74) is -0.156. The number of benzene rings is 1. The van der Waals surface area contributed by atoms with Gasteiger partial charge >= 0.3 is 23.9 Å². The molecule has 0 aliphatic rings. The number of aliphatic carboxylic acids is 2. The summed E-state index contributed by atoms with van der Waals surface area (Å²) < 4.78 is 0. The fourth-order valence-electron chi connectivity index (χ4n) is 1.52. The summed E-state index contributed by atoms with van der Waals surface area (Å²) in [5, 5.41) is 25.0. The van der Waals surface area contributed by atoms with E-state index in [0.717, 1.165) is 0 Å². The van der Waals surface area contributed by atoms with E-state index in [4.69, 9.17) is 15.3 Å². The smallest absolute Gasteiger partial charge is 0.373 e. The van der Waals surface area contributed by atoms with Gasteiger partial charge < -0.3 is 33.8 Å². The Morgan fingerprint density at radius 1 is 0.815 bits per heavy atom. The molecule has 12 N–H and O–H groups in total. The quantitative estimate of drug-likeness (QED) is 0.211. The van der Waals surface area contributed by atoms with Crippen LogP contribution in [0.4, 0.5) is 0 Å². The van der Waals surface area contributed by atoms with Crippen molar-refractivity contribution in [3.8, 4) is 0 Å². The molecule has 0 aromatic heterocycles. The fraction of sp³-hybridized carbons (Fsp3) is 0.333. The SMILES string of the molecule is COOC(=O)c1ccccc1C(=O)O.N.N.N.O=C(O)CCCCC(=O)O. The molecule has 0 aliphatic heterocycles. The number of hydrogen-bond donors (Lipinski definition) is 6. The van der Waals surface area contributed by atoms with Gasteiger partial charge in [-0.05, 0) is 25.0 Å². The first kappa shape index (κ1) is 31.7. The second-order valence-corrected chi connectivity index (χ2v) is 4.38. The summed E-state index contributed by atoms with van der Waals surface area (Å²) in [7, 11) is 1.17. The van der Waals surface area contributed by atoms with Gasteiger partial charge in [-0.2, -0.15) is 4.89 Å². The van der Waals surface area contributed by atoms with E-state index in [1.54, 1.807) is 6.07 Å². The predicted octanol–water partition coefficient (Wildman–Crippen LogP) is 2.30. The molecule has 1 aromatic carbocycles. The van der Waals surface area contributed by atoms with Gasteiger partial charge in [-0.1, -0.05) is 12.1 Å². The Morgan fingerprint density at radius 2 is 1.22 bits per heavy atom. The number of carboxylic acid groups (broad SMARTS) is 3. The number of unbranched alkanes of at least 4 members (excludes halogenated alkanes) is 1. The molecule has 0 saturated carbocycles. The molecule has 12 nitrogen and oxygen atoms in total. The molecule has 27 heavy (non-hydrogen) atoms. The molecule has 0 saturated heterocycles. The third-order valence-corrected chi connectivity index (χ3v) is 2.57. The van der Waals surface area contributed by atoms with E-state index in [-0.39, 0.29) is 42.4 Å². The molecule has 12 heteroatoms. The molecule has 0 spiro atoms. The molecule has 0 bridgehead atoms. The fourth-order valence-corrected chi connectivity index (χ4v) is 1.52. The highest BCUT2D eigenvalue weighted by atomic mass is 17.2. The number of hydrogen-bond acceptors (Lipinski definition) is 9. The van der Waals surface area contributed by atoms with Crippen LogP contribution in [0.3, 0.4) is 0 Å². The average Bonchev–Trinajstić information content (AvgIpc) is 2.52. The van der Waals surface area contributed by atoms with Gasteiger partial charge in [-0.3, -0.25) is 14.5 Å².